The second kappa shape index (κ2) is 10.3. The lowest BCUT2D eigenvalue weighted by molar-refractivity contribution is -0.143. The van der Waals surface area contributed by atoms with Crippen LogP contribution in [0.1, 0.15) is 11.1 Å². The fourth-order valence-electron chi connectivity index (χ4n) is 2.77. The average Bonchev–Trinajstić information content (AvgIpc) is 3.01. The zero-order valence-electron chi connectivity index (χ0n) is 16.6. The van der Waals surface area contributed by atoms with Crippen LogP contribution in [0.15, 0.2) is 42.1 Å². The number of ether oxygens (including phenoxy) is 3. The molecule has 8 nitrogen and oxygen atoms in total. The van der Waals surface area contributed by atoms with Crippen molar-refractivity contribution >= 4 is 69.2 Å². The summed E-state index contributed by atoms with van der Waals surface area (Å²) >= 11 is 4.37. The van der Waals surface area contributed by atoms with E-state index in [1.54, 1.807) is 6.07 Å². The van der Waals surface area contributed by atoms with Crippen molar-refractivity contribution in [2.75, 3.05) is 20.8 Å². The third kappa shape index (κ3) is 5.67. The van der Waals surface area contributed by atoms with Gasteiger partial charge in [0.05, 0.1) is 17.8 Å². The van der Waals surface area contributed by atoms with Crippen molar-refractivity contribution in [1.82, 2.24) is 10.2 Å². The summed E-state index contributed by atoms with van der Waals surface area (Å²) in [6.07, 6.45) is 1.52. The van der Waals surface area contributed by atoms with Gasteiger partial charge in [0.15, 0.2) is 11.5 Å². The Morgan fingerprint density at radius 3 is 2.48 bits per heavy atom. The number of amides is 3. The maximum Gasteiger partial charge on any atom is 0.329 e. The molecular formula is C21H18I2N2O6. The van der Waals surface area contributed by atoms with Crippen molar-refractivity contribution in [2.24, 2.45) is 0 Å². The van der Waals surface area contributed by atoms with Crippen LogP contribution in [0.4, 0.5) is 4.79 Å². The van der Waals surface area contributed by atoms with Crippen molar-refractivity contribution in [1.29, 1.82) is 0 Å². The summed E-state index contributed by atoms with van der Waals surface area (Å²) in [5.41, 5.74) is 1.71. The lowest BCUT2D eigenvalue weighted by Gasteiger charge is -2.14. The second-order valence-electron chi connectivity index (χ2n) is 6.40. The maximum absolute atomic E-state index is 12.5. The molecule has 0 radical (unpaired) electrons. The fraction of sp³-hybridized carbons (Fsp3) is 0.190. The fourth-order valence-corrected chi connectivity index (χ4v) is 3.92. The minimum absolute atomic E-state index is 0.0549. The van der Waals surface area contributed by atoms with Crippen LogP contribution in [-0.4, -0.2) is 43.6 Å². The van der Waals surface area contributed by atoms with Gasteiger partial charge in [-0.25, -0.2) is 9.69 Å². The zero-order chi connectivity index (χ0) is 22.5. The van der Waals surface area contributed by atoms with Gasteiger partial charge in [-0.3, -0.25) is 9.59 Å². The van der Waals surface area contributed by atoms with E-state index in [1.807, 2.05) is 30.3 Å². The lowest BCUT2D eigenvalue weighted by Crippen LogP contribution is -2.36. The van der Waals surface area contributed by atoms with Gasteiger partial charge in [-0.05, 0) is 86.7 Å². The minimum atomic E-state index is -0.685. The van der Waals surface area contributed by atoms with Crippen LogP contribution < -0.4 is 14.8 Å². The van der Waals surface area contributed by atoms with Gasteiger partial charge < -0.3 is 19.5 Å². The van der Waals surface area contributed by atoms with E-state index in [4.69, 9.17) is 9.47 Å². The minimum Gasteiger partial charge on any atom is -0.493 e. The Morgan fingerprint density at radius 2 is 1.84 bits per heavy atom. The first kappa shape index (κ1) is 23.3. The smallest absolute Gasteiger partial charge is 0.329 e. The van der Waals surface area contributed by atoms with Crippen LogP contribution in [0.3, 0.4) is 0 Å². The molecule has 3 amide bonds. The van der Waals surface area contributed by atoms with Gasteiger partial charge >= 0.3 is 12.0 Å². The molecule has 0 spiro atoms. The summed E-state index contributed by atoms with van der Waals surface area (Å²) in [4.78, 5) is 36.7. The van der Waals surface area contributed by atoms with Crippen molar-refractivity contribution in [3.8, 4) is 11.5 Å². The Balaban J connectivity index is 1.80. The molecule has 1 fully saturated rings. The number of nitrogens with zero attached hydrogens (tertiary/aromatic N) is 1. The number of benzene rings is 2. The number of halogens is 2. The molecule has 31 heavy (non-hydrogen) atoms. The Morgan fingerprint density at radius 1 is 1.13 bits per heavy atom. The normalized spacial score (nSPS) is 14.6. The summed E-state index contributed by atoms with van der Waals surface area (Å²) in [5.74, 6) is -0.218. The summed E-state index contributed by atoms with van der Waals surface area (Å²) in [7, 11) is 2.72. The summed E-state index contributed by atoms with van der Waals surface area (Å²) in [5, 5.41) is 2.47. The molecule has 1 aliphatic heterocycles. The van der Waals surface area contributed by atoms with E-state index in [9.17, 15) is 14.4 Å². The molecule has 0 aliphatic carbocycles. The standard InChI is InChI=1S/C21H18I2N2O6/c1-29-17-9-13(8-16-20(27)25(21(28)24-16)10-18(26)30-2)7-15(23)19(17)31-11-12-3-5-14(22)6-4-12/h3-9H,10-11H2,1-2H3,(H,24,28)/b16-8+. The monoisotopic (exact) mass is 648 g/mol. The van der Waals surface area contributed by atoms with Crippen molar-refractivity contribution in [3.63, 3.8) is 0 Å². The molecule has 2 aromatic carbocycles. The lowest BCUT2D eigenvalue weighted by atomic mass is 10.1. The quantitative estimate of drug-likeness (QED) is 0.214. The Kier molecular flexibility index (Phi) is 7.75. The third-order valence-corrected chi connectivity index (χ3v) is 5.86. The molecule has 1 heterocycles. The Labute approximate surface area is 206 Å². The van der Waals surface area contributed by atoms with Crippen molar-refractivity contribution in [3.05, 3.63) is 60.4 Å². The van der Waals surface area contributed by atoms with E-state index in [-0.39, 0.29) is 5.70 Å². The van der Waals surface area contributed by atoms with Crippen LogP contribution >= 0.6 is 45.2 Å². The molecular weight excluding hydrogens is 630 g/mol. The number of rotatable bonds is 7. The molecule has 10 heteroatoms. The highest BCUT2D eigenvalue weighted by molar-refractivity contribution is 14.1. The average molecular weight is 648 g/mol. The number of hydrogen-bond donors (Lipinski definition) is 1. The first-order chi connectivity index (χ1) is 14.8. The molecule has 1 aliphatic rings. The number of esters is 1. The van der Waals surface area contributed by atoms with E-state index in [0.29, 0.717) is 23.7 Å². The van der Waals surface area contributed by atoms with Crippen LogP contribution in [0.5, 0.6) is 11.5 Å². The van der Waals surface area contributed by atoms with Gasteiger partial charge in [-0.15, -0.1) is 0 Å². The van der Waals surface area contributed by atoms with E-state index < -0.39 is 24.5 Å². The molecule has 1 N–H and O–H groups in total. The van der Waals surface area contributed by atoms with Crippen LogP contribution in [0.25, 0.3) is 6.08 Å². The van der Waals surface area contributed by atoms with Crippen LogP contribution in [-0.2, 0) is 20.9 Å². The van der Waals surface area contributed by atoms with Gasteiger partial charge in [0.1, 0.15) is 18.8 Å². The number of carbonyl (C=O) groups is 3. The van der Waals surface area contributed by atoms with E-state index >= 15 is 0 Å². The SMILES string of the molecule is COC(=O)CN1C(=O)N/C(=C/c2cc(I)c(OCc3ccc(I)cc3)c(OC)c2)C1=O. The summed E-state index contributed by atoms with van der Waals surface area (Å²) in [6.45, 7) is -0.0779. The number of urea groups is 1. The predicted octanol–water partition coefficient (Wildman–Crippen LogP) is 3.55. The highest BCUT2D eigenvalue weighted by atomic mass is 127. The van der Waals surface area contributed by atoms with Crippen LogP contribution in [0, 0.1) is 7.14 Å². The van der Waals surface area contributed by atoms with E-state index in [2.05, 4.69) is 55.2 Å². The molecule has 0 unspecified atom stereocenters. The zero-order valence-corrected chi connectivity index (χ0v) is 20.9. The molecule has 0 aromatic heterocycles. The third-order valence-electron chi connectivity index (χ3n) is 4.34. The first-order valence-corrected chi connectivity index (χ1v) is 11.1. The topological polar surface area (TPSA) is 94.2 Å². The van der Waals surface area contributed by atoms with Crippen molar-refractivity contribution < 1.29 is 28.6 Å². The highest BCUT2D eigenvalue weighted by Gasteiger charge is 2.35. The number of methoxy groups -OCH3 is 2. The van der Waals surface area contributed by atoms with Crippen LogP contribution in [0.2, 0.25) is 0 Å². The highest BCUT2D eigenvalue weighted by Crippen LogP contribution is 2.35. The Hall–Kier alpha value is -2.35. The number of hydrogen-bond acceptors (Lipinski definition) is 6. The number of nitrogens with one attached hydrogen (secondary N) is 1. The summed E-state index contributed by atoms with van der Waals surface area (Å²) in [6, 6.07) is 10.8. The first-order valence-electron chi connectivity index (χ1n) is 8.98. The molecule has 0 saturated carbocycles. The second-order valence-corrected chi connectivity index (χ2v) is 8.81. The van der Waals surface area contributed by atoms with Gasteiger partial charge in [0.25, 0.3) is 5.91 Å². The van der Waals surface area contributed by atoms with E-state index in [0.717, 1.165) is 17.6 Å². The molecule has 0 atom stereocenters. The maximum atomic E-state index is 12.5. The van der Waals surface area contributed by atoms with Gasteiger partial charge in [0, 0.05) is 3.57 Å². The number of imide groups is 1. The molecule has 2 aromatic rings. The predicted molar refractivity (Wildman–Crippen MR) is 129 cm³/mol. The van der Waals surface area contributed by atoms with Crippen molar-refractivity contribution in [2.45, 2.75) is 6.61 Å². The van der Waals surface area contributed by atoms with Gasteiger partial charge in [0.2, 0.25) is 0 Å². The molecule has 0 bridgehead atoms. The molecule has 1 saturated heterocycles. The summed E-state index contributed by atoms with van der Waals surface area (Å²) < 4.78 is 17.9. The number of carbonyl (C=O) groups excluding carboxylic acids is 3. The Bertz CT molecular complexity index is 1050. The van der Waals surface area contributed by atoms with E-state index in [1.165, 1.54) is 20.3 Å². The molecule has 3 rings (SSSR count). The largest absolute Gasteiger partial charge is 0.493 e. The molecule has 162 valence electrons. The van der Waals surface area contributed by atoms with Gasteiger partial charge in [-0.1, -0.05) is 12.1 Å². The van der Waals surface area contributed by atoms with Gasteiger partial charge in [-0.2, -0.15) is 0 Å².